The van der Waals surface area contributed by atoms with Gasteiger partial charge in [-0.05, 0) is 61.2 Å². The average Bonchev–Trinajstić information content (AvgIpc) is 3.35. The Balaban J connectivity index is 1.41. The van der Waals surface area contributed by atoms with E-state index in [9.17, 15) is 0 Å². The number of nitrogens with zero attached hydrogens (tertiary/aromatic N) is 8. The quantitative estimate of drug-likeness (QED) is 0.564. The van der Waals surface area contributed by atoms with Gasteiger partial charge in [-0.1, -0.05) is 30.3 Å². The highest BCUT2D eigenvalue weighted by Crippen LogP contribution is 2.25. The van der Waals surface area contributed by atoms with E-state index in [1.165, 1.54) is 0 Å². The summed E-state index contributed by atoms with van der Waals surface area (Å²) >= 11 is 6.21. The average molecular weight is 425 g/mol. The van der Waals surface area contributed by atoms with Crippen LogP contribution in [-0.4, -0.2) is 53.0 Å². The molecule has 8 nitrogen and oxygen atoms in total. The number of tetrazole rings is 1. The zero-order valence-corrected chi connectivity index (χ0v) is 18.0. The molecule has 9 heteroatoms. The second-order valence-electron chi connectivity index (χ2n) is 7.50. The van der Waals surface area contributed by atoms with Crippen LogP contribution in [-0.2, 0) is 6.54 Å². The molecule has 0 spiro atoms. The summed E-state index contributed by atoms with van der Waals surface area (Å²) in [6.07, 6.45) is 7.82. The lowest BCUT2D eigenvalue weighted by Gasteiger charge is -2.34. The van der Waals surface area contributed by atoms with Gasteiger partial charge in [0.15, 0.2) is 5.82 Å². The Morgan fingerprint density at radius 1 is 1.27 bits per heavy atom. The number of halogens is 1. The predicted octanol–water partition coefficient (Wildman–Crippen LogP) is 3.45. The Labute approximate surface area is 180 Å². The van der Waals surface area contributed by atoms with Gasteiger partial charge in [-0.2, -0.15) is 9.90 Å². The lowest BCUT2D eigenvalue weighted by molar-refractivity contribution is 0.222. The van der Waals surface area contributed by atoms with Gasteiger partial charge in [-0.15, -0.1) is 10.2 Å². The van der Waals surface area contributed by atoms with Crippen LogP contribution in [0.3, 0.4) is 0 Å². The first-order valence-electron chi connectivity index (χ1n) is 10.0. The molecular weight excluding hydrogens is 400 g/mol. The lowest BCUT2D eigenvalue weighted by Crippen LogP contribution is -2.34. The van der Waals surface area contributed by atoms with Gasteiger partial charge in [0, 0.05) is 23.8 Å². The van der Waals surface area contributed by atoms with Gasteiger partial charge < -0.3 is 4.90 Å². The Morgan fingerprint density at radius 2 is 2.07 bits per heavy atom. The maximum absolute atomic E-state index is 6.21. The molecule has 0 unspecified atom stereocenters. The monoisotopic (exact) mass is 424 g/mol. The van der Waals surface area contributed by atoms with Crippen molar-refractivity contribution in [2.75, 3.05) is 13.1 Å². The van der Waals surface area contributed by atoms with Crippen LogP contribution in [0.1, 0.15) is 41.7 Å². The molecule has 30 heavy (non-hydrogen) atoms. The van der Waals surface area contributed by atoms with Crippen LogP contribution in [0.15, 0.2) is 42.9 Å². The van der Waals surface area contributed by atoms with Gasteiger partial charge in [0.1, 0.15) is 12.2 Å². The van der Waals surface area contributed by atoms with E-state index in [0.717, 1.165) is 48.6 Å². The van der Waals surface area contributed by atoms with Crippen LogP contribution in [0, 0.1) is 13.8 Å². The Hall–Kier alpha value is -3.00. The molecule has 3 heterocycles. The molecule has 0 aliphatic carbocycles. The molecule has 1 saturated heterocycles. The largest absolute Gasteiger partial charge is 0.372 e. The molecule has 3 aromatic rings. The Kier molecular flexibility index (Phi) is 5.94. The topological polar surface area (TPSA) is 77.5 Å². The molecule has 1 aromatic carbocycles. The third kappa shape index (κ3) is 4.59. The standard InChI is InChI=1S/C21H25ClN8/c1-15(28-10-8-21(9-11-28)30-17(3)23-14-24-30)4-5-18-6-7-20(22)12-19(18)13-29-26-16(2)25-27-29/h4-7,12,14,21H,1,8-11,13H2,2-3H3/b5-4+. The second-order valence-corrected chi connectivity index (χ2v) is 7.94. The third-order valence-corrected chi connectivity index (χ3v) is 5.63. The first-order valence-corrected chi connectivity index (χ1v) is 10.4. The first-order chi connectivity index (χ1) is 14.5. The predicted molar refractivity (Wildman–Crippen MR) is 116 cm³/mol. The summed E-state index contributed by atoms with van der Waals surface area (Å²) in [4.78, 5) is 8.13. The van der Waals surface area contributed by atoms with Gasteiger partial charge >= 0.3 is 0 Å². The maximum Gasteiger partial charge on any atom is 0.171 e. The van der Waals surface area contributed by atoms with Gasteiger partial charge in [0.2, 0.25) is 0 Å². The smallest absolute Gasteiger partial charge is 0.171 e. The van der Waals surface area contributed by atoms with E-state index >= 15 is 0 Å². The van der Waals surface area contributed by atoms with Crippen LogP contribution in [0.4, 0.5) is 0 Å². The highest BCUT2D eigenvalue weighted by Gasteiger charge is 2.22. The summed E-state index contributed by atoms with van der Waals surface area (Å²) in [7, 11) is 0. The van der Waals surface area contributed by atoms with Crippen LogP contribution in [0.25, 0.3) is 6.08 Å². The molecule has 0 atom stereocenters. The van der Waals surface area contributed by atoms with E-state index in [2.05, 4.69) is 49.1 Å². The van der Waals surface area contributed by atoms with Gasteiger partial charge in [0.25, 0.3) is 0 Å². The van der Waals surface area contributed by atoms with Crippen molar-refractivity contribution in [1.29, 1.82) is 0 Å². The zero-order chi connectivity index (χ0) is 21.1. The number of piperidine rings is 1. The van der Waals surface area contributed by atoms with Crippen LogP contribution in [0.2, 0.25) is 5.02 Å². The van der Waals surface area contributed by atoms with Crippen molar-refractivity contribution < 1.29 is 0 Å². The van der Waals surface area contributed by atoms with Crippen molar-refractivity contribution in [1.82, 2.24) is 39.9 Å². The molecule has 156 valence electrons. The minimum atomic E-state index is 0.405. The molecule has 0 radical (unpaired) electrons. The molecule has 4 rings (SSSR count). The number of aromatic nitrogens is 7. The van der Waals surface area contributed by atoms with Crippen molar-refractivity contribution in [3.63, 3.8) is 0 Å². The number of allylic oxidation sites excluding steroid dienone is 1. The molecular formula is C21H25ClN8. The van der Waals surface area contributed by atoms with Crippen molar-refractivity contribution >= 4 is 17.7 Å². The summed E-state index contributed by atoms with van der Waals surface area (Å²) in [6.45, 7) is 10.5. The van der Waals surface area contributed by atoms with Crippen molar-refractivity contribution in [3.8, 4) is 0 Å². The van der Waals surface area contributed by atoms with Crippen LogP contribution in [0.5, 0.6) is 0 Å². The van der Waals surface area contributed by atoms with Crippen LogP contribution >= 0.6 is 11.6 Å². The number of aryl methyl sites for hydroxylation is 2. The maximum atomic E-state index is 6.21. The van der Waals surface area contributed by atoms with E-state index in [4.69, 9.17) is 11.6 Å². The van der Waals surface area contributed by atoms with E-state index in [1.807, 2.05) is 36.7 Å². The highest BCUT2D eigenvalue weighted by molar-refractivity contribution is 6.30. The lowest BCUT2D eigenvalue weighted by atomic mass is 10.0. The highest BCUT2D eigenvalue weighted by atomic mass is 35.5. The molecule has 0 bridgehead atoms. The van der Waals surface area contributed by atoms with E-state index < -0.39 is 0 Å². The number of hydrogen-bond acceptors (Lipinski definition) is 6. The first kappa shape index (κ1) is 20.3. The van der Waals surface area contributed by atoms with Gasteiger partial charge in [0.05, 0.1) is 12.6 Å². The van der Waals surface area contributed by atoms with E-state index in [-0.39, 0.29) is 0 Å². The Bertz CT molecular complexity index is 1060. The fraction of sp³-hybridized carbons (Fsp3) is 0.381. The van der Waals surface area contributed by atoms with Crippen molar-refractivity contribution in [2.24, 2.45) is 0 Å². The van der Waals surface area contributed by atoms with Gasteiger partial charge in [-0.25, -0.2) is 9.67 Å². The summed E-state index contributed by atoms with van der Waals surface area (Å²) in [5.41, 5.74) is 3.09. The Morgan fingerprint density at radius 3 is 2.73 bits per heavy atom. The minimum Gasteiger partial charge on any atom is -0.372 e. The molecule has 1 aliphatic heterocycles. The number of benzene rings is 1. The normalized spacial score (nSPS) is 15.2. The van der Waals surface area contributed by atoms with E-state index in [0.29, 0.717) is 23.4 Å². The van der Waals surface area contributed by atoms with Crippen molar-refractivity contribution in [3.05, 3.63) is 70.7 Å². The fourth-order valence-electron chi connectivity index (χ4n) is 3.77. The third-order valence-electron chi connectivity index (χ3n) is 5.39. The molecule has 1 fully saturated rings. The SMILES string of the molecule is C=C(/C=C/c1ccc(Cl)cc1Cn1nnc(C)n1)N1CCC(n2ncnc2C)CC1. The summed E-state index contributed by atoms with van der Waals surface area (Å²) in [5.74, 6) is 1.62. The van der Waals surface area contributed by atoms with E-state index in [1.54, 1.807) is 11.1 Å². The van der Waals surface area contributed by atoms with Crippen LogP contribution < -0.4 is 0 Å². The molecule has 2 aromatic heterocycles. The number of hydrogen-bond donors (Lipinski definition) is 0. The molecule has 0 amide bonds. The molecule has 0 saturated carbocycles. The molecule has 0 N–H and O–H groups in total. The second kappa shape index (κ2) is 8.79. The zero-order valence-electron chi connectivity index (χ0n) is 17.2. The number of likely N-dealkylation sites (tertiary alicyclic amines) is 1. The summed E-state index contributed by atoms with van der Waals surface area (Å²) in [6, 6.07) is 6.24. The number of rotatable bonds is 6. The fourth-order valence-corrected chi connectivity index (χ4v) is 3.97. The summed E-state index contributed by atoms with van der Waals surface area (Å²) < 4.78 is 2.04. The molecule has 1 aliphatic rings. The minimum absolute atomic E-state index is 0.405. The van der Waals surface area contributed by atoms with Crippen molar-refractivity contribution in [2.45, 2.75) is 39.3 Å². The van der Waals surface area contributed by atoms with Gasteiger partial charge in [-0.3, -0.25) is 0 Å². The summed E-state index contributed by atoms with van der Waals surface area (Å²) in [5, 5.41) is 17.3.